The predicted octanol–water partition coefficient (Wildman–Crippen LogP) is 4.41. The van der Waals surface area contributed by atoms with Crippen molar-refractivity contribution >= 4 is 16.6 Å². The van der Waals surface area contributed by atoms with Gasteiger partial charge in [-0.2, -0.15) is 4.39 Å². The molecule has 3 nitrogen and oxygen atoms in total. The van der Waals surface area contributed by atoms with E-state index in [0.29, 0.717) is 16.7 Å². The van der Waals surface area contributed by atoms with E-state index < -0.39 is 12.1 Å². The number of halogens is 1. The van der Waals surface area contributed by atoms with Crippen molar-refractivity contribution in [1.29, 1.82) is 0 Å². The summed E-state index contributed by atoms with van der Waals surface area (Å²) < 4.78 is 24.4. The summed E-state index contributed by atoms with van der Waals surface area (Å²) in [6, 6.07) is 19.0. The highest BCUT2D eigenvalue weighted by Crippen LogP contribution is 2.23. The largest absolute Gasteiger partial charge is 0.497 e. The van der Waals surface area contributed by atoms with Gasteiger partial charge < -0.3 is 9.47 Å². The van der Waals surface area contributed by atoms with Crippen LogP contribution < -0.4 is 9.47 Å². The number of alkyl halides is 1. The summed E-state index contributed by atoms with van der Waals surface area (Å²) >= 11 is 0. The molecule has 0 radical (unpaired) electrons. The van der Waals surface area contributed by atoms with Gasteiger partial charge in [0.2, 0.25) is 5.78 Å². The number of ketones is 1. The van der Waals surface area contributed by atoms with Crippen molar-refractivity contribution in [3.8, 4) is 11.5 Å². The Morgan fingerprint density at radius 2 is 1.57 bits per heavy atom. The number of benzene rings is 3. The van der Waals surface area contributed by atoms with Crippen molar-refractivity contribution < 1.29 is 18.7 Å². The van der Waals surface area contributed by atoms with Gasteiger partial charge in [0.25, 0.3) is 0 Å². The SMILES string of the molecule is COc1ccc(OC(F)C(=O)c2cccc3ccccc23)cc1. The van der Waals surface area contributed by atoms with Gasteiger partial charge in [0.05, 0.1) is 7.11 Å². The monoisotopic (exact) mass is 310 g/mol. The molecule has 3 rings (SSSR count). The Bertz CT molecular complexity index is 822. The van der Waals surface area contributed by atoms with Crippen molar-refractivity contribution in [2.75, 3.05) is 7.11 Å². The second-order valence-electron chi connectivity index (χ2n) is 5.00. The van der Waals surface area contributed by atoms with Crippen LogP contribution in [0.25, 0.3) is 10.8 Å². The average molecular weight is 310 g/mol. The molecule has 1 unspecified atom stereocenters. The van der Waals surface area contributed by atoms with E-state index in [1.54, 1.807) is 42.5 Å². The van der Waals surface area contributed by atoms with Crippen molar-refractivity contribution in [2.45, 2.75) is 6.36 Å². The van der Waals surface area contributed by atoms with Gasteiger partial charge in [-0.3, -0.25) is 4.79 Å². The van der Waals surface area contributed by atoms with Crippen molar-refractivity contribution in [2.24, 2.45) is 0 Å². The molecule has 3 aromatic rings. The summed E-state index contributed by atoms with van der Waals surface area (Å²) in [6.45, 7) is 0. The second kappa shape index (κ2) is 6.48. The highest BCUT2D eigenvalue weighted by atomic mass is 19.1. The van der Waals surface area contributed by atoms with Crippen LogP contribution in [0, 0.1) is 0 Å². The van der Waals surface area contributed by atoms with E-state index in [1.165, 1.54) is 7.11 Å². The number of carbonyl (C=O) groups excluding carboxylic acids is 1. The third-order valence-electron chi connectivity index (χ3n) is 3.56. The van der Waals surface area contributed by atoms with Gasteiger partial charge in [-0.05, 0) is 35.0 Å². The first-order valence-corrected chi connectivity index (χ1v) is 7.16. The Hall–Kier alpha value is -2.88. The minimum atomic E-state index is -2.06. The molecule has 0 amide bonds. The third-order valence-corrected chi connectivity index (χ3v) is 3.56. The number of rotatable bonds is 5. The van der Waals surface area contributed by atoms with Crippen LogP contribution in [0.4, 0.5) is 4.39 Å². The second-order valence-corrected chi connectivity index (χ2v) is 5.00. The molecule has 0 aromatic heterocycles. The lowest BCUT2D eigenvalue weighted by Gasteiger charge is -2.12. The van der Waals surface area contributed by atoms with Gasteiger partial charge >= 0.3 is 6.36 Å². The van der Waals surface area contributed by atoms with Crippen LogP contribution >= 0.6 is 0 Å². The Balaban J connectivity index is 1.83. The number of hydrogen-bond donors (Lipinski definition) is 0. The Morgan fingerprint density at radius 1 is 0.913 bits per heavy atom. The highest BCUT2D eigenvalue weighted by molar-refractivity contribution is 6.09. The van der Waals surface area contributed by atoms with Gasteiger partial charge in [-0.1, -0.05) is 42.5 Å². The van der Waals surface area contributed by atoms with Crippen molar-refractivity contribution in [1.82, 2.24) is 0 Å². The van der Waals surface area contributed by atoms with Crippen molar-refractivity contribution in [3.05, 3.63) is 72.3 Å². The maximum absolute atomic E-state index is 14.3. The standard InChI is InChI=1S/C19H15FO3/c1-22-14-9-11-15(12-10-14)23-19(20)18(21)17-8-4-6-13-5-2-3-7-16(13)17/h2-12,19H,1H3. The first-order valence-electron chi connectivity index (χ1n) is 7.16. The fourth-order valence-corrected chi connectivity index (χ4v) is 2.39. The van der Waals surface area contributed by atoms with E-state index in [1.807, 2.05) is 24.3 Å². The molecule has 0 saturated carbocycles. The van der Waals surface area contributed by atoms with E-state index in [0.717, 1.165) is 5.39 Å². The molecular formula is C19H15FO3. The number of Topliss-reactive ketones (excluding diaryl/α,β-unsaturated/α-hetero) is 1. The Kier molecular flexibility index (Phi) is 4.24. The predicted molar refractivity (Wildman–Crippen MR) is 86.8 cm³/mol. The molecule has 0 spiro atoms. The van der Waals surface area contributed by atoms with E-state index >= 15 is 0 Å². The zero-order valence-electron chi connectivity index (χ0n) is 12.5. The molecule has 0 aliphatic heterocycles. The molecule has 0 N–H and O–H groups in total. The van der Waals surface area contributed by atoms with Crippen LogP contribution in [0.5, 0.6) is 11.5 Å². The lowest BCUT2D eigenvalue weighted by Crippen LogP contribution is -2.22. The summed E-state index contributed by atoms with van der Waals surface area (Å²) in [7, 11) is 1.54. The zero-order chi connectivity index (χ0) is 16.2. The maximum atomic E-state index is 14.3. The molecule has 4 heteroatoms. The maximum Gasteiger partial charge on any atom is 0.301 e. The molecule has 0 aliphatic rings. The van der Waals surface area contributed by atoms with E-state index in [-0.39, 0.29) is 5.75 Å². The summed E-state index contributed by atoms with van der Waals surface area (Å²) in [6.07, 6.45) is -2.06. The number of carbonyl (C=O) groups is 1. The van der Waals surface area contributed by atoms with Crippen LogP contribution in [0.2, 0.25) is 0 Å². The highest BCUT2D eigenvalue weighted by Gasteiger charge is 2.22. The van der Waals surface area contributed by atoms with E-state index in [4.69, 9.17) is 9.47 Å². The Morgan fingerprint density at radius 3 is 2.30 bits per heavy atom. The van der Waals surface area contributed by atoms with Gasteiger partial charge in [-0.25, -0.2) is 0 Å². The van der Waals surface area contributed by atoms with Crippen LogP contribution in [0.1, 0.15) is 10.4 Å². The molecule has 0 fully saturated rings. The summed E-state index contributed by atoms with van der Waals surface area (Å²) in [4.78, 5) is 12.4. The van der Waals surface area contributed by atoms with Gasteiger partial charge in [0.1, 0.15) is 11.5 Å². The van der Waals surface area contributed by atoms with E-state index in [2.05, 4.69) is 0 Å². The Labute approximate surface area is 133 Å². The lowest BCUT2D eigenvalue weighted by atomic mass is 10.0. The van der Waals surface area contributed by atoms with Crippen LogP contribution in [0.3, 0.4) is 0 Å². The summed E-state index contributed by atoms with van der Waals surface area (Å²) in [5, 5.41) is 1.59. The van der Waals surface area contributed by atoms with Gasteiger partial charge in [0.15, 0.2) is 0 Å². The van der Waals surface area contributed by atoms with Crippen LogP contribution in [0.15, 0.2) is 66.7 Å². The molecule has 1 atom stereocenters. The minimum absolute atomic E-state index is 0.270. The minimum Gasteiger partial charge on any atom is -0.497 e. The fraction of sp³-hybridized carbons (Fsp3) is 0.105. The fourth-order valence-electron chi connectivity index (χ4n) is 2.39. The quantitative estimate of drug-likeness (QED) is 0.655. The molecule has 116 valence electrons. The van der Waals surface area contributed by atoms with E-state index in [9.17, 15) is 9.18 Å². The first kappa shape index (κ1) is 15.0. The molecule has 0 bridgehead atoms. The molecule has 0 heterocycles. The van der Waals surface area contributed by atoms with Gasteiger partial charge in [0, 0.05) is 5.56 Å². The number of ether oxygens (including phenoxy) is 2. The lowest BCUT2D eigenvalue weighted by molar-refractivity contribution is 0.0453. The van der Waals surface area contributed by atoms with Crippen molar-refractivity contribution in [3.63, 3.8) is 0 Å². The first-order chi connectivity index (χ1) is 11.2. The molecule has 3 aromatic carbocycles. The third kappa shape index (κ3) is 3.16. The summed E-state index contributed by atoms with van der Waals surface area (Å²) in [5.74, 6) is 0.206. The number of fused-ring (bicyclic) bond motifs is 1. The summed E-state index contributed by atoms with van der Waals surface area (Å²) in [5.41, 5.74) is 0.309. The van der Waals surface area contributed by atoms with Gasteiger partial charge in [-0.15, -0.1) is 0 Å². The number of hydrogen-bond acceptors (Lipinski definition) is 3. The topological polar surface area (TPSA) is 35.5 Å². The molecule has 0 saturated heterocycles. The average Bonchev–Trinajstić information content (AvgIpc) is 2.61. The normalized spacial score (nSPS) is 11.9. The zero-order valence-corrected chi connectivity index (χ0v) is 12.5. The molecule has 0 aliphatic carbocycles. The molecule has 23 heavy (non-hydrogen) atoms. The number of methoxy groups -OCH3 is 1. The van der Waals surface area contributed by atoms with Crippen LogP contribution in [-0.2, 0) is 0 Å². The van der Waals surface area contributed by atoms with Crippen LogP contribution in [-0.4, -0.2) is 19.3 Å². The molecular weight excluding hydrogens is 295 g/mol. The smallest absolute Gasteiger partial charge is 0.301 e.